The molecule has 2 heterocycles. The minimum absolute atomic E-state index is 0.00366. The molecule has 1 aliphatic carbocycles. The van der Waals surface area contributed by atoms with Crippen molar-refractivity contribution in [3.63, 3.8) is 0 Å². The first kappa shape index (κ1) is 10.8. The number of imidazole rings is 1. The Kier molecular flexibility index (Phi) is 2.63. The van der Waals surface area contributed by atoms with Crippen LogP contribution < -0.4 is 5.56 Å². The highest BCUT2D eigenvalue weighted by Gasteiger charge is 2.25. The smallest absolute Gasteiger partial charge is 0.265 e. The van der Waals surface area contributed by atoms with Crippen LogP contribution in [0.5, 0.6) is 0 Å². The van der Waals surface area contributed by atoms with Crippen molar-refractivity contribution in [3.8, 4) is 0 Å². The van der Waals surface area contributed by atoms with Crippen molar-refractivity contribution in [1.82, 2.24) is 14.1 Å². The summed E-state index contributed by atoms with van der Waals surface area (Å²) in [5.74, 6) is 0. The Morgan fingerprint density at radius 1 is 1.47 bits per heavy atom. The van der Waals surface area contributed by atoms with Gasteiger partial charge in [-0.1, -0.05) is 0 Å². The van der Waals surface area contributed by atoms with E-state index in [-0.39, 0.29) is 5.56 Å². The van der Waals surface area contributed by atoms with Gasteiger partial charge in [-0.2, -0.15) is 0 Å². The van der Waals surface area contributed by atoms with Crippen molar-refractivity contribution >= 4 is 15.9 Å². The summed E-state index contributed by atoms with van der Waals surface area (Å²) in [5.41, 5.74) is 1.09. The van der Waals surface area contributed by atoms with E-state index in [9.17, 15) is 4.79 Å². The van der Waals surface area contributed by atoms with Gasteiger partial charge in [0.1, 0.15) is 0 Å². The Balaban J connectivity index is 1.93. The monoisotopic (exact) mass is 293 g/mol. The molecule has 88 valence electrons. The summed E-state index contributed by atoms with van der Waals surface area (Å²) in [6.45, 7) is 0.578. The summed E-state index contributed by atoms with van der Waals surface area (Å²) in [6, 6.07) is 4.22. The first-order chi connectivity index (χ1) is 8.25. The van der Waals surface area contributed by atoms with Gasteiger partial charge in [-0.15, -0.1) is 0 Å². The standard InChI is InChI=1S/C12H12BrN3O/c13-11-2-1-5-15(12(11)17)7-10-6-14-8-16(10)9-3-4-9/h1-2,5-6,8-9H,3-4,7H2. The quantitative estimate of drug-likeness (QED) is 0.870. The molecule has 0 radical (unpaired) electrons. The highest BCUT2D eigenvalue weighted by molar-refractivity contribution is 9.10. The minimum Gasteiger partial charge on any atom is -0.330 e. The van der Waals surface area contributed by atoms with Crippen molar-refractivity contribution < 1.29 is 0 Å². The molecule has 3 rings (SSSR count). The molecule has 0 amide bonds. The molecule has 0 unspecified atom stereocenters. The fraction of sp³-hybridized carbons (Fsp3) is 0.333. The Morgan fingerprint density at radius 2 is 2.29 bits per heavy atom. The molecule has 2 aromatic heterocycles. The summed E-state index contributed by atoms with van der Waals surface area (Å²) < 4.78 is 4.46. The number of halogens is 1. The number of hydrogen-bond acceptors (Lipinski definition) is 2. The number of nitrogens with zero attached hydrogens (tertiary/aromatic N) is 3. The molecule has 0 aliphatic heterocycles. The average Bonchev–Trinajstić information content (AvgIpc) is 3.06. The lowest BCUT2D eigenvalue weighted by atomic mass is 10.4. The van der Waals surface area contributed by atoms with Crippen molar-refractivity contribution in [2.75, 3.05) is 0 Å². The molecule has 0 saturated heterocycles. The van der Waals surface area contributed by atoms with Gasteiger partial charge in [-0.25, -0.2) is 4.98 Å². The molecule has 0 atom stereocenters. The summed E-state index contributed by atoms with van der Waals surface area (Å²) in [6.07, 6.45) is 7.94. The zero-order valence-electron chi connectivity index (χ0n) is 9.21. The van der Waals surface area contributed by atoms with E-state index < -0.39 is 0 Å². The Labute approximate surface area is 107 Å². The molecule has 1 aliphatic rings. The second-order valence-electron chi connectivity index (χ2n) is 4.31. The van der Waals surface area contributed by atoms with Crippen molar-refractivity contribution in [3.05, 3.63) is 51.4 Å². The third-order valence-electron chi connectivity index (χ3n) is 2.99. The van der Waals surface area contributed by atoms with Crippen LogP contribution in [0, 0.1) is 0 Å². The zero-order chi connectivity index (χ0) is 11.8. The normalized spacial score (nSPS) is 15.1. The topological polar surface area (TPSA) is 39.8 Å². The minimum atomic E-state index is -0.00366. The number of rotatable bonds is 3. The van der Waals surface area contributed by atoms with Gasteiger partial charge in [0.2, 0.25) is 0 Å². The Bertz CT molecular complexity index is 598. The maximum atomic E-state index is 11.9. The average molecular weight is 294 g/mol. The van der Waals surface area contributed by atoms with Crippen LogP contribution in [0.2, 0.25) is 0 Å². The van der Waals surface area contributed by atoms with Crippen LogP contribution in [0.15, 0.2) is 40.1 Å². The number of hydrogen-bond donors (Lipinski definition) is 0. The van der Waals surface area contributed by atoms with Crippen molar-refractivity contribution in [1.29, 1.82) is 0 Å². The first-order valence-corrected chi connectivity index (χ1v) is 6.40. The molecule has 4 nitrogen and oxygen atoms in total. The molecular weight excluding hydrogens is 282 g/mol. The maximum Gasteiger partial charge on any atom is 0.265 e. The molecule has 1 fully saturated rings. The van der Waals surface area contributed by atoms with Crippen LogP contribution in [0.4, 0.5) is 0 Å². The van der Waals surface area contributed by atoms with E-state index in [1.54, 1.807) is 16.8 Å². The van der Waals surface area contributed by atoms with Crippen LogP contribution in [-0.2, 0) is 6.54 Å². The predicted molar refractivity (Wildman–Crippen MR) is 68.0 cm³/mol. The second-order valence-corrected chi connectivity index (χ2v) is 5.17. The van der Waals surface area contributed by atoms with E-state index in [2.05, 4.69) is 25.5 Å². The van der Waals surface area contributed by atoms with Crippen LogP contribution >= 0.6 is 15.9 Å². The lowest BCUT2D eigenvalue weighted by molar-refractivity contribution is 0.644. The fourth-order valence-corrected chi connectivity index (χ4v) is 2.32. The first-order valence-electron chi connectivity index (χ1n) is 5.61. The lowest BCUT2D eigenvalue weighted by Gasteiger charge is -2.08. The van der Waals surface area contributed by atoms with E-state index in [1.807, 2.05) is 18.6 Å². The molecule has 1 saturated carbocycles. The highest BCUT2D eigenvalue weighted by atomic mass is 79.9. The summed E-state index contributed by atoms with van der Waals surface area (Å²) in [4.78, 5) is 16.0. The molecule has 5 heteroatoms. The molecule has 0 spiro atoms. The van der Waals surface area contributed by atoms with Crippen LogP contribution in [-0.4, -0.2) is 14.1 Å². The third-order valence-corrected chi connectivity index (χ3v) is 3.60. The van der Waals surface area contributed by atoms with Crippen molar-refractivity contribution in [2.24, 2.45) is 0 Å². The predicted octanol–water partition coefficient (Wildman–Crippen LogP) is 2.19. The summed E-state index contributed by atoms with van der Waals surface area (Å²) in [7, 11) is 0. The van der Waals surface area contributed by atoms with Gasteiger partial charge in [-0.05, 0) is 40.9 Å². The largest absolute Gasteiger partial charge is 0.330 e. The molecule has 0 N–H and O–H groups in total. The van der Waals surface area contributed by atoms with Gasteiger partial charge >= 0.3 is 0 Å². The van der Waals surface area contributed by atoms with Gasteiger partial charge in [0, 0.05) is 18.4 Å². The van der Waals surface area contributed by atoms with Crippen LogP contribution in [0.1, 0.15) is 24.6 Å². The molecule has 17 heavy (non-hydrogen) atoms. The maximum absolute atomic E-state index is 11.9. The molecule has 2 aromatic rings. The van der Waals surface area contributed by atoms with E-state index in [1.165, 1.54) is 12.8 Å². The van der Waals surface area contributed by atoms with Crippen LogP contribution in [0.25, 0.3) is 0 Å². The molecular formula is C12H12BrN3O. The van der Waals surface area contributed by atoms with E-state index in [0.717, 1.165) is 5.69 Å². The van der Waals surface area contributed by atoms with Gasteiger partial charge in [0.25, 0.3) is 5.56 Å². The zero-order valence-corrected chi connectivity index (χ0v) is 10.8. The highest BCUT2D eigenvalue weighted by Crippen LogP contribution is 2.35. The summed E-state index contributed by atoms with van der Waals surface area (Å²) >= 11 is 3.25. The summed E-state index contributed by atoms with van der Waals surface area (Å²) in [5, 5.41) is 0. The molecule has 0 bridgehead atoms. The number of pyridine rings is 1. The Morgan fingerprint density at radius 3 is 3.06 bits per heavy atom. The molecule has 0 aromatic carbocycles. The van der Waals surface area contributed by atoms with Gasteiger partial charge in [-0.3, -0.25) is 4.79 Å². The second kappa shape index (κ2) is 4.14. The number of aromatic nitrogens is 3. The van der Waals surface area contributed by atoms with E-state index in [4.69, 9.17) is 0 Å². The van der Waals surface area contributed by atoms with Gasteiger partial charge in [0.15, 0.2) is 0 Å². The van der Waals surface area contributed by atoms with Gasteiger partial charge in [0.05, 0.1) is 23.0 Å². The fourth-order valence-electron chi connectivity index (χ4n) is 1.94. The lowest BCUT2D eigenvalue weighted by Crippen LogP contribution is -2.21. The van der Waals surface area contributed by atoms with Crippen LogP contribution in [0.3, 0.4) is 0 Å². The third kappa shape index (κ3) is 2.07. The van der Waals surface area contributed by atoms with Gasteiger partial charge < -0.3 is 9.13 Å². The van der Waals surface area contributed by atoms with E-state index in [0.29, 0.717) is 17.1 Å². The Hall–Kier alpha value is -1.36. The SMILES string of the molecule is O=c1c(Br)cccn1Cc1cncn1C1CC1. The van der Waals surface area contributed by atoms with E-state index >= 15 is 0 Å². The van der Waals surface area contributed by atoms with Crippen molar-refractivity contribution in [2.45, 2.75) is 25.4 Å².